The van der Waals surface area contributed by atoms with E-state index >= 15 is 0 Å². The van der Waals surface area contributed by atoms with Gasteiger partial charge in [0.1, 0.15) is 5.75 Å². The number of hydrogen-bond acceptors (Lipinski definition) is 5. The number of ether oxygens (including phenoxy) is 3. The highest BCUT2D eigenvalue weighted by Gasteiger charge is 2.39. The van der Waals surface area contributed by atoms with E-state index in [0.717, 1.165) is 12.5 Å². The third-order valence-electron chi connectivity index (χ3n) is 2.70. The van der Waals surface area contributed by atoms with Crippen LogP contribution in [0.5, 0.6) is 5.75 Å². The zero-order valence-electron chi connectivity index (χ0n) is 11.0. The Morgan fingerprint density at radius 1 is 1.38 bits per heavy atom. The van der Waals surface area contributed by atoms with Gasteiger partial charge in [-0.3, -0.25) is 0 Å². The first-order valence-corrected chi connectivity index (χ1v) is 6.11. The van der Waals surface area contributed by atoms with Crippen LogP contribution in [0.1, 0.15) is 18.6 Å². The van der Waals surface area contributed by atoms with E-state index in [1.54, 1.807) is 6.92 Å². The molecule has 1 heterocycles. The standard InChI is InChI=1S/C13H12F3NO4/c1-2-19-12(18)10-11(20-7-17-10)8-5-3-4-6-9(8)21-13(14,15)16/h3-7,10-11H,2H2,1H3. The van der Waals surface area contributed by atoms with Gasteiger partial charge in [-0.1, -0.05) is 18.2 Å². The van der Waals surface area contributed by atoms with Crippen LogP contribution in [-0.4, -0.2) is 31.4 Å². The van der Waals surface area contributed by atoms with Gasteiger partial charge in [0, 0.05) is 5.56 Å². The maximum atomic E-state index is 12.4. The molecule has 0 radical (unpaired) electrons. The first-order valence-electron chi connectivity index (χ1n) is 6.11. The van der Waals surface area contributed by atoms with Gasteiger partial charge < -0.3 is 14.2 Å². The Hall–Kier alpha value is -2.25. The number of benzene rings is 1. The fourth-order valence-electron chi connectivity index (χ4n) is 1.91. The average molecular weight is 303 g/mol. The molecule has 0 N–H and O–H groups in total. The van der Waals surface area contributed by atoms with Crippen LogP contribution in [0.4, 0.5) is 13.2 Å². The van der Waals surface area contributed by atoms with E-state index in [0.29, 0.717) is 0 Å². The fraction of sp³-hybridized carbons (Fsp3) is 0.385. The Morgan fingerprint density at radius 2 is 2.10 bits per heavy atom. The monoisotopic (exact) mass is 303 g/mol. The Labute approximate surface area is 118 Å². The minimum absolute atomic E-state index is 0.0744. The Bertz CT molecular complexity index is 544. The quantitative estimate of drug-likeness (QED) is 0.802. The summed E-state index contributed by atoms with van der Waals surface area (Å²) in [4.78, 5) is 15.5. The van der Waals surface area contributed by atoms with Gasteiger partial charge in [0.2, 0.25) is 0 Å². The Kier molecular flexibility index (Phi) is 4.35. The smallest absolute Gasteiger partial charge is 0.473 e. The fourth-order valence-corrected chi connectivity index (χ4v) is 1.91. The van der Waals surface area contributed by atoms with Gasteiger partial charge in [0.05, 0.1) is 6.61 Å². The van der Waals surface area contributed by atoms with Gasteiger partial charge in [0.15, 0.2) is 18.5 Å². The molecular weight excluding hydrogens is 291 g/mol. The molecule has 0 aliphatic carbocycles. The predicted molar refractivity (Wildman–Crippen MR) is 65.9 cm³/mol. The second-order valence-electron chi connectivity index (χ2n) is 4.09. The van der Waals surface area contributed by atoms with Crippen LogP contribution < -0.4 is 4.74 Å². The van der Waals surface area contributed by atoms with E-state index in [2.05, 4.69) is 9.73 Å². The summed E-state index contributed by atoms with van der Waals surface area (Å²) >= 11 is 0. The van der Waals surface area contributed by atoms with Crippen molar-refractivity contribution in [3.05, 3.63) is 29.8 Å². The van der Waals surface area contributed by atoms with Crippen LogP contribution in [0.3, 0.4) is 0 Å². The SMILES string of the molecule is CCOC(=O)C1N=COC1c1ccccc1OC(F)(F)F. The zero-order chi connectivity index (χ0) is 15.5. The molecule has 0 spiro atoms. The van der Waals surface area contributed by atoms with E-state index in [4.69, 9.17) is 9.47 Å². The number of aliphatic imine (C=N–C) groups is 1. The summed E-state index contributed by atoms with van der Waals surface area (Å²) in [6.45, 7) is 1.76. The number of alkyl halides is 3. The lowest BCUT2D eigenvalue weighted by atomic mass is 10.0. The zero-order valence-corrected chi connectivity index (χ0v) is 11.0. The minimum Gasteiger partial charge on any atom is -0.473 e. The van der Waals surface area contributed by atoms with Crippen molar-refractivity contribution in [1.29, 1.82) is 0 Å². The molecule has 114 valence electrons. The molecule has 0 aromatic heterocycles. The van der Waals surface area contributed by atoms with Crippen molar-refractivity contribution in [1.82, 2.24) is 0 Å². The van der Waals surface area contributed by atoms with Crippen LogP contribution in [0, 0.1) is 0 Å². The molecular formula is C13H12F3NO4. The summed E-state index contributed by atoms with van der Waals surface area (Å²) < 4.78 is 51.1. The molecule has 0 saturated carbocycles. The summed E-state index contributed by atoms with van der Waals surface area (Å²) in [6.07, 6.45) is -4.83. The molecule has 0 fully saturated rings. The maximum Gasteiger partial charge on any atom is 0.573 e. The highest BCUT2D eigenvalue weighted by molar-refractivity contribution is 5.80. The van der Waals surface area contributed by atoms with Gasteiger partial charge in [0.25, 0.3) is 0 Å². The van der Waals surface area contributed by atoms with Crippen LogP contribution >= 0.6 is 0 Å². The third kappa shape index (κ3) is 3.65. The molecule has 1 aromatic rings. The summed E-state index contributed by atoms with van der Waals surface area (Å²) in [5.41, 5.74) is 0.0744. The number of rotatable bonds is 4. The van der Waals surface area contributed by atoms with Gasteiger partial charge >= 0.3 is 12.3 Å². The number of esters is 1. The number of para-hydroxylation sites is 1. The van der Waals surface area contributed by atoms with Gasteiger partial charge in [-0.25, -0.2) is 9.79 Å². The van der Waals surface area contributed by atoms with E-state index in [9.17, 15) is 18.0 Å². The van der Waals surface area contributed by atoms with Crippen molar-refractivity contribution >= 4 is 12.4 Å². The van der Waals surface area contributed by atoms with Crippen molar-refractivity contribution in [2.24, 2.45) is 4.99 Å². The highest BCUT2D eigenvalue weighted by atomic mass is 19.4. The molecule has 8 heteroatoms. The van der Waals surface area contributed by atoms with Crippen molar-refractivity contribution in [2.75, 3.05) is 6.61 Å². The number of halogens is 3. The van der Waals surface area contributed by atoms with Crippen LogP contribution in [0.15, 0.2) is 29.3 Å². The third-order valence-corrected chi connectivity index (χ3v) is 2.70. The lowest BCUT2D eigenvalue weighted by Gasteiger charge is -2.20. The summed E-state index contributed by atoms with van der Waals surface area (Å²) in [5, 5.41) is 0. The molecule has 0 saturated heterocycles. The van der Waals surface area contributed by atoms with E-state index in [1.165, 1.54) is 18.2 Å². The maximum absolute atomic E-state index is 12.4. The van der Waals surface area contributed by atoms with Gasteiger partial charge in [-0.05, 0) is 13.0 Å². The summed E-state index contributed by atoms with van der Waals surface area (Å²) in [5.74, 6) is -1.10. The molecule has 2 rings (SSSR count). The lowest BCUT2D eigenvalue weighted by Crippen LogP contribution is -2.27. The Balaban J connectivity index is 2.27. The first kappa shape index (κ1) is 15.1. The van der Waals surface area contributed by atoms with E-state index < -0.39 is 30.2 Å². The number of hydrogen-bond donors (Lipinski definition) is 0. The molecule has 21 heavy (non-hydrogen) atoms. The molecule has 5 nitrogen and oxygen atoms in total. The highest BCUT2D eigenvalue weighted by Crippen LogP contribution is 2.36. The number of nitrogens with zero attached hydrogens (tertiary/aromatic N) is 1. The van der Waals surface area contributed by atoms with Gasteiger partial charge in [-0.2, -0.15) is 0 Å². The van der Waals surface area contributed by atoms with Crippen LogP contribution in [0.25, 0.3) is 0 Å². The largest absolute Gasteiger partial charge is 0.573 e. The molecule has 1 aromatic carbocycles. The first-order chi connectivity index (χ1) is 9.92. The molecule has 1 aliphatic rings. The Morgan fingerprint density at radius 3 is 2.76 bits per heavy atom. The van der Waals surface area contributed by atoms with Crippen molar-refractivity contribution in [2.45, 2.75) is 25.4 Å². The second kappa shape index (κ2) is 6.02. The van der Waals surface area contributed by atoms with Crippen molar-refractivity contribution in [3.63, 3.8) is 0 Å². The molecule has 2 atom stereocenters. The predicted octanol–water partition coefficient (Wildman–Crippen LogP) is 2.62. The lowest BCUT2D eigenvalue weighted by molar-refractivity contribution is -0.275. The minimum atomic E-state index is -4.84. The van der Waals surface area contributed by atoms with E-state index in [1.807, 2.05) is 0 Å². The summed E-state index contributed by atoms with van der Waals surface area (Å²) in [7, 11) is 0. The average Bonchev–Trinajstić information content (AvgIpc) is 2.87. The normalized spacial score (nSPS) is 21.0. The van der Waals surface area contributed by atoms with Gasteiger partial charge in [-0.15, -0.1) is 13.2 Å². The molecule has 0 amide bonds. The summed E-state index contributed by atoms with van der Waals surface area (Å²) in [6, 6.07) is 4.38. The number of carbonyl (C=O) groups is 1. The van der Waals surface area contributed by atoms with E-state index in [-0.39, 0.29) is 12.2 Å². The van der Waals surface area contributed by atoms with Crippen LogP contribution in [0.2, 0.25) is 0 Å². The molecule has 2 unspecified atom stereocenters. The van der Waals surface area contributed by atoms with Crippen LogP contribution in [-0.2, 0) is 14.3 Å². The number of carbonyl (C=O) groups excluding carboxylic acids is 1. The molecule has 0 bridgehead atoms. The molecule has 1 aliphatic heterocycles. The van der Waals surface area contributed by atoms with Crippen molar-refractivity contribution < 1.29 is 32.2 Å². The topological polar surface area (TPSA) is 57.1 Å². The van der Waals surface area contributed by atoms with Crippen molar-refractivity contribution in [3.8, 4) is 5.75 Å². The second-order valence-corrected chi connectivity index (χ2v) is 4.09.